The maximum absolute atomic E-state index is 12.5. The van der Waals surface area contributed by atoms with Crippen LogP contribution in [0.2, 0.25) is 5.02 Å². The molecule has 0 aliphatic carbocycles. The molecule has 1 aromatic heterocycles. The molecule has 0 radical (unpaired) electrons. The van der Waals surface area contributed by atoms with Gasteiger partial charge in [0.15, 0.2) is 0 Å². The summed E-state index contributed by atoms with van der Waals surface area (Å²) in [6, 6.07) is 7.16. The van der Waals surface area contributed by atoms with Crippen molar-refractivity contribution in [3.8, 4) is 11.3 Å². The lowest BCUT2D eigenvalue weighted by atomic mass is 10.0. The van der Waals surface area contributed by atoms with Crippen molar-refractivity contribution in [1.82, 2.24) is 15.5 Å². The van der Waals surface area contributed by atoms with Crippen molar-refractivity contribution in [2.45, 2.75) is 26.3 Å². The van der Waals surface area contributed by atoms with Crippen LogP contribution >= 0.6 is 11.6 Å². The average molecular weight is 322 g/mol. The predicted octanol–water partition coefficient (Wildman–Crippen LogP) is 2.87. The predicted molar refractivity (Wildman–Crippen MR) is 86.8 cm³/mol. The number of nitrogens with one attached hydrogen (secondary N) is 2. The number of aliphatic hydroxyl groups excluding tert-OH is 1. The van der Waals surface area contributed by atoms with E-state index >= 15 is 0 Å². The van der Waals surface area contributed by atoms with E-state index in [9.17, 15) is 4.79 Å². The van der Waals surface area contributed by atoms with Crippen molar-refractivity contribution >= 4 is 17.5 Å². The van der Waals surface area contributed by atoms with Crippen molar-refractivity contribution in [3.63, 3.8) is 0 Å². The summed E-state index contributed by atoms with van der Waals surface area (Å²) in [6.07, 6.45) is 2.02. The summed E-state index contributed by atoms with van der Waals surface area (Å²) in [5.74, 6) is 0.0218. The molecule has 1 atom stereocenters. The summed E-state index contributed by atoms with van der Waals surface area (Å²) in [6.45, 7) is 4.05. The molecule has 6 heteroatoms. The first kappa shape index (κ1) is 16.5. The third-order valence-electron chi connectivity index (χ3n) is 3.56. The molecule has 0 aliphatic rings. The Morgan fingerprint density at radius 1 is 1.45 bits per heavy atom. The van der Waals surface area contributed by atoms with Gasteiger partial charge >= 0.3 is 0 Å². The molecule has 5 nitrogen and oxygen atoms in total. The summed E-state index contributed by atoms with van der Waals surface area (Å²) in [4.78, 5) is 12.5. The van der Waals surface area contributed by atoms with E-state index in [2.05, 4.69) is 15.5 Å². The quantitative estimate of drug-likeness (QED) is 0.765. The number of carbonyl (C=O) groups excluding carboxylic acids is 1. The normalized spacial score (nSPS) is 12.4. The van der Waals surface area contributed by atoms with Gasteiger partial charge in [0.25, 0.3) is 5.91 Å². The molecule has 22 heavy (non-hydrogen) atoms. The summed E-state index contributed by atoms with van der Waals surface area (Å²) in [5.41, 5.74) is 1.90. The van der Waals surface area contributed by atoms with E-state index in [1.165, 1.54) is 6.20 Å². The van der Waals surface area contributed by atoms with Gasteiger partial charge in [-0.3, -0.25) is 9.89 Å². The lowest BCUT2D eigenvalue weighted by Gasteiger charge is -2.21. The van der Waals surface area contributed by atoms with Crippen LogP contribution < -0.4 is 5.32 Å². The van der Waals surface area contributed by atoms with Gasteiger partial charge in [-0.2, -0.15) is 5.10 Å². The Kier molecular flexibility index (Phi) is 5.57. The number of rotatable bonds is 6. The zero-order chi connectivity index (χ0) is 16.1. The number of carbonyl (C=O) groups is 1. The molecule has 0 spiro atoms. The highest BCUT2D eigenvalue weighted by Gasteiger charge is 2.20. The summed E-state index contributed by atoms with van der Waals surface area (Å²) >= 11 is 6.00. The molecule has 0 saturated heterocycles. The van der Waals surface area contributed by atoms with Crippen LogP contribution in [0.5, 0.6) is 0 Å². The van der Waals surface area contributed by atoms with Crippen LogP contribution in [-0.4, -0.2) is 33.9 Å². The number of aromatic amines is 1. The second kappa shape index (κ2) is 7.42. The second-order valence-electron chi connectivity index (χ2n) is 5.51. The Balaban J connectivity index is 2.23. The number of aliphatic hydroxyl groups is 1. The highest BCUT2D eigenvalue weighted by Crippen LogP contribution is 2.24. The molecule has 3 N–H and O–H groups in total. The first-order chi connectivity index (χ1) is 10.5. The molecule has 0 fully saturated rings. The van der Waals surface area contributed by atoms with Crippen molar-refractivity contribution in [2.24, 2.45) is 5.92 Å². The van der Waals surface area contributed by atoms with E-state index in [1.807, 2.05) is 26.0 Å². The Bertz CT molecular complexity index is 640. The van der Waals surface area contributed by atoms with Gasteiger partial charge < -0.3 is 10.4 Å². The molecule has 2 aromatic rings. The second-order valence-corrected chi connectivity index (χ2v) is 5.94. The summed E-state index contributed by atoms with van der Waals surface area (Å²) < 4.78 is 0. The zero-order valence-electron chi connectivity index (χ0n) is 12.6. The number of benzene rings is 1. The largest absolute Gasteiger partial charge is 0.396 e. The van der Waals surface area contributed by atoms with Gasteiger partial charge in [-0.1, -0.05) is 37.6 Å². The summed E-state index contributed by atoms with van der Waals surface area (Å²) in [5, 5.41) is 19.5. The molecule has 0 aliphatic heterocycles. The molecular weight excluding hydrogens is 302 g/mol. The molecular formula is C16H20ClN3O2. The Hall–Kier alpha value is -1.85. The third kappa shape index (κ3) is 3.87. The van der Waals surface area contributed by atoms with Crippen molar-refractivity contribution < 1.29 is 9.90 Å². The van der Waals surface area contributed by atoms with Crippen LogP contribution in [0.15, 0.2) is 30.5 Å². The van der Waals surface area contributed by atoms with Gasteiger partial charge in [-0.15, -0.1) is 0 Å². The molecule has 118 valence electrons. The van der Waals surface area contributed by atoms with E-state index in [0.717, 1.165) is 5.56 Å². The van der Waals surface area contributed by atoms with E-state index in [4.69, 9.17) is 16.7 Å². The van der Waals surface area contributed by atoms with Crippen LogP contribution in [0.1, 0.15) is 30.6 Å². The minimum Gasteiger partial charge on any atom is -0.396 e. The Morgan fingerprint density at radius 2 is 2.23 bits per heavy atom. The van der Waals surface area contributed by atoms with Crippen LogP contribution in [0, 0.1) is 5.92 Å². The molecule has 1 heterocycles. The first-order valence-corrected chi connectivity index (χ1v) is 7.61. The zero-order valence-corrected chi connectivity index (χ0v) is 13.4. The number of hydrogen-bond acceptors (Lipinski definition) is 3. The standard InChI is InChI=1S/C16H20ClN3O2/c1-10(2)14(6-7-21)19-16(22)13-9-18-20-15(13)11-4-3-5-12(17)8-11/h3-5,8-10,14,21H,6-7H2,1-2H3,(H,18,20)(H,19,22). The molecule has 1 unspecified atom stereocenters. The monoisotopic (exact) mass is 321 g/mol. The van der Waals surface area contributed by atoms with E-state index < -0.39 is 0 Å². The molecule has 1 amide bonds. The number of aromatic nitrogens is 2. The number of H-pyrrole nitrogens is 1. The van der Waals surface area contributed by atoms with Crippen LogP contribution in [-0.2, 0) is 0 Å². The number of halogens is 1. The van der Waals surface area contributed by atoms with Crippen molar-refractivity contribution in [1.29, 1.82) is 0 Å². The Morgan fingerprint density at radius 3 is 2.86 bits per heavy atom. The van der Waals surface area contributed by atoms with Crippen LogP contribution in [0.3, 0.4) is 0 Å². The third-order valence-corrected chi connectivity index (χ3v) is 3.79. The van der Waals surface area contributed by atoms with Crippen LogP contribution in [0.25, 0.3) is 11.3 Å². The fraction of sp³-hybridized carbons (Fsp3) is 0.375. The number of hydrogen-bond donors (Lipinski definition) is 3. The highest BCUT2D eigenvalue weighted by molar-refractivity contribution is 6.30. The van der Waals surface area contributed by atoms with Gasteiger partial charge in [0, 0.05) is 23.2 Å². The number of nitrogens with zero attached hydrogens (tertiary/aromatic N) is 1. The molecule has 0 saturated carbocycles. The summed E-state index contributed by atoms with van der Waals surface area (Å²) in [7, 11) is 0. The molecule has 0 bridgehead atoms. The Labute approximate surface area is 134 Å². The van der Waals surface area contributed by atoms with E-state index in [0.29, 0.717) is 22.7 Å². The van der Waals surface area contributed by atoms with Gasteiger partial charge in [0.1, 0.15) is 0 Å². The fourth-order valence-corrected chi connectivity index (χ4v) is 2.47. The lowest BCUT2D eigenvalue weighted by molar-refractivity contribution is 0.0917. The van der Waals surface area contributed by atoms with Crippen molar-refractivity contribution in [3.05, 3.63) is 41.0 Å². The first-order valence-electron chi connectivity index (χ1n) is 7.24. The van der Waals surface area contributed by atoms with Gasteiger partial charge in [0.05, 0.1) is 17.5 Å². The average Bonchev–Trinajstić information content (AvgIpc) is 2.96. The van der Waals surface area contributed by atoms with Gasteiger partial charge in [-0.25, -0.2) is 0 Å². The number of amides is 1. The topological polar surface area (TPSA) is 78.0 Å². The molecule has 2 rings (SSSR count). The van der Waals surface area contributed by atoms with E-state index in [-0.39, 0.29) is 24.5 Å². The lowest BCUT2D eigenvalue weighted by Crippen LogP contribution is -2.39. The molecule has 1 aromatic carbocycles. The van der Waals surface area contributed by atoms with Crippen molar-refractivity contribution in [2.75, 3.05) is 6.61 Å². The smallest absolute Gasteiger partial charge is 0.255 e. The SMILES string of the molecule is CC(C)C(CCO)NC(=O)c1cn[nH]c1-c1cccc(Cl)c1. The fourth-order valence-electron chi connectivity index (χ4n) is 2.28. The van der Waals surface area contributed by atoms with Gasteiger partial charge in [-0.05, 0) is 24.5 Å². The van der Waals surface area contributed by atoms with Gasteiger partial charge in [0.2, 0.25) is 0 Å². The van der Waals surface area contributed by atoms with Crippen LogP contribution in [0.4, 0.5) is 0 Å². The minimum absolute atomic E-state index is 0.0374. The maximum Gasteiger partial charge on any atom is 0.255 e. The minimum atomic E-state index is -0.212. The maximum atomic E-state index is 12.5. The highest BCUT2D eigenvalue weighted by atomic mass is 35.5. The van der Waals surface area contributed by atoms with E-state index in [1.54, 1.807) is 12.1 Å².